The molecule has 1 aliphatic heterocycles. The van der Waals surface area contributed by atoms with E-state index in [-0.39, 0.29) is 6.04 Å². The molecule has 1 unspecified atom stereocenters. The highest BCUT2D eigenvalue weighted by Gasteiger charge is 2.32. The van der Waals surface area contributed by atoms with Gasteiger partial charge in [0.1, 0.15) is 5.52 Å². The van der Waals surface area contributed by atoms with E-state index < -0.39 is 0 Å². The maximum Gasteiger partial charge on any atom is 0.173 e. The second-order valence-electron chi connectivity index (χ2n) is 9.55. The zero-order valence-electron chi connectivity index (χ0n) is 19.7. The van der Waals surface area contributed by atoms with Gasteiger partial charge >= 0.3 is 0 Å². The van der Waals surface area contributed by atoms with Gasteiger partial charge in [-0.05, 0) is 59.5 Å². The molecular formula is C25H31N9. The van der Waals surface area contributed by atoms with Crippen LogP contribution in [0.2, 0.25) is 0 Å². The summed E-state index contributed by atoms with van der Waals surface area (Å²) in [6, 6.07) is 17.6. The Morgan fingerprint density at radius 1 is 0.912 bits per heavy atom. The van der Waals surface area contributed by atoms with Gasteiger partial charge in [0.05, 0.1) is 18.1 Å². The molecule has 2 fully saturated rings. The predicted molar refractivity (Wildman–Crippen MR) is 129 cm³/mol. The monoisotopic (exact) mass is 457 g/mol. The van der Waals surface area contributed by atoms with E-state index in [1.165, 1.54) is 31.4 Å². The lowest BCUT2D eigenvalue weighted by molar-refractivity contribution is 0.127. The highest BCUT2D eigenvalue weighted by atomic mass is 15.6. The summed E-state index contributed by atoms with van der Waals surface area (Å²) < 4.78 is 3.77. The molecule has 1 saturated heterocycles. The molecule has 9 heteroatoms. The first-order valence-corrected chi connectivity index (χ1v) is 12.3. The van der Waals surface area contributed by atoms with Crippen LogP contribution >= 0.6 is 0 Å². The van der Waals surface area contributed by atoms with Gasteiger partial charge in [-0.15, -0.1) is 10.2 Å². The molecule has 3 heterocycles. The highest BCUT2D eigenvalue weighted by Crippen LogP contribution is 2.32. The van der Waals surface area contributed by atoms with Crippen LogP contribution in [0.1, 0.15) is 48.7 Å². The van der Waals surface area contributed by atoms with Gasteiger partial charge in [0, 0.05) is 32.7 Å². The fraction of sp³-hybridized carbons (Fsp3) is 0.480. The lowest BCUT2D eigenvalue weighted by Gasteiger charge is -2.37. The van der Waals surface area contributed by atoms with Crippen molar-refractivity contribution in [2.75, 3.05) is 26.2 Å². The minimum atomic E-state index is -0.0357. The van der Waals surface area contributed by atoms with Crippen LogP contribution < -0.4 is 0 Å². The van der Waals surface area contributed by atoms with Gasteiger partial charge in [0.2, 0.25) is 0 Å². The normalized spacial score (nSPS) is 19.2. The maximum absolute atomic E-state index is 4.57. The molecule has 34 heavy (non-hydrogen) atoms. The lowest BCUT2D eigenvalue weighted by Crippen LogP contribution is -2.42. The molecule has 0 N–H and O–H groups in total. The van der Waals surface area contributed by atoms with Crippen molar-refractivity contribution in [3.63, 3.8) is 0 Å². The number of tetrazole rings is 1. The van der Waals surface area contributed by atoms with E-state index in [1.54, 1.807) is 0 Å². The molecule has 0 amide bonds. The fourth-order valence-corrected chi connectivity index (χ4v) is 5.36. The second kappa shape index (κ2) is 9.23. The van der Waals surface area contributed by atoms with Crippen LogP contribution in [0.15, 0.2) is 48.5 Å². The smallest absolute Gasteiger partial charge is 0.173 e. The average molecular weight is 458 g/mol. The van der Waals surface area contributed by atoms with E-state index in [0.717, 1.165) is 54.5 Å². The Morgan fingerprint density at radius 3 is 2.62 bits per heavy atom. The molecule has 1 atom stereocenters. The van der Waals surface area contributed by atoms with Crippen molar-refractivity contribution in [1.29, 1.82) is 0 Å². The quantitative estimate of drug-likeness (QED) is 0.440. The third-order valence-electron chi connectivity index (χ3n) is 7.45. The van der Waals surface area contributed by atoms with Crippen molar-refractivity contribution in [1.82, 2.24) is 45.0 Å². The summed E-state index contributed by atoms with van der Waals surface area (Å²) in [5, 5.41) is 21.7. The third-order valence-corrected chi connectivity index (χ3v) is 7.45. The summed E-state index contributed by atoms with van der Waals surface area (Å²) >= 11 is 0. The third kappa shape index (κ3) is 4.10. The Kier molecular flexibility index (Phi) is 5.80. The molecule has 2 aromatic carbocycles. The SMILES string of the molecule is Cn1nnc2cc(C(c3nnnn3Cc3ccccc3)N3CCCN(C4CCC4)CC3)ccc21. The molecule has 1 aliphatic carbocycles. The van der Waals surface area contributed by atoms with Crippen molar-refractivity contribution >= 4 is 11.0 Å². The van der Waals surface area contributed by atoms with Crippen LogP contribution in [0.3, 0.4) is 0 Å². The number of benzene rings is 2. The van der Waals surface area contributed by atoms with Crippen molar-refractivity contribution in [2.45, 2.75) is 44.3 Å². The highest BCUT2D eigenvalue weighted by molar-refractivity contribution is 5.75. The van der Waals surface area contributed by atoms with Gasteiger partial charge in [0.25, 0.3) is 0 Å². The average Bonchev–Trinajstić information content (AvgIpc) is 3.34. The molecule has 4 aromatic rings. The second-order valence-corrected chi connectivity index (χ2v) is 9.55. The van der Waals surface area contributed by atoms with Crippen LogP contribution in [0.25, 0.3) is 11.0 Å². The Bertz CT molecular complexity index is 1240. The summed E-state index contributed by atoms with van der Waals surface area (Å²) in [5.41, 5.74) is 4.27. The number of rotatable bonds is 6. The van der Waals surface area contributed by atoms with Crippen LogP contribution in [-0.4, -0.2) is 77.2 Å². The standard InChI is InChI=1S/C25H31N9/c1-31-23-12-11-20(17-22(23)26-29-31)24(33-14-6-13-32(15-16-33)21-9-5-10-21)25-27-28-30-34(25)18-19-7-3-2-4-8-19/h2-4,7-8,11-12,17,21,24H,5-6,9-10,13-16,18H2,1H3. The maximum atomic E-state index is 4.57. The molecule has 2 aromatic heterocycles. The van der Waals surface area contributed by atoms with Gasteiger partial charge in [-0.2, -0.15) is 0 Å². The topological polar surface area (TPSA) is 80.8 Å². The Morgan fingerprint density at radius 2 is 1.79 bits per heavy atom. The molecule has 0 bridgehead atoms. The van der Waals surface area contributed by atoms with Crippen LogP contribution in [0.4, 0.5) is 0 Å². The number of nitrogens with zero attached hydrogens (tertiary/aromatic N) is 9. The summed E-state index contributed by atoms with van der Waals surface area (Å²) in [4.78, 5) is 5.25. The van der Waals surface area contributed by atoms with E-state index in [4.69, 9.17) is 0 Å². The van der Waals surface area contributed by atoms with E-state index in [0.29, 0.717) is 6.54 Å². The van der Waals surface area contributed by atoms with Gasteiger partial charge in [0.15, 0.2) is 5.82 Å². The molecule has 0 spiro atoms. The van der Waals surface area contributed by atoms with Gasteiger partial charge in [-0.25, -0.2) is 9.36 Å². The molecular weight excluding hydrogens is 426 g/mol. The number of hydrogen-bond acceptors (Lipinski definition) is 7. The van der Waals surface area contributed by atoms with E-state index >= 15 is 0 Å². The predicted octanol–water partition coefficient (Wildman–Crippen LogP) is 2.65. The minimum Gasteiger partial charge on any atom is -0.299 e. The van der Waals surface area contributed by atoms with Crippen molar-refractivity contribution < 1.29 is 0 Å². The van der Waals surface area contributed by atoms with Crippen molar-refractivity contribution in [2.24, 2.45) is 7.05 Å². The number of aryl methyl sites for hydroxylation is 1. The molecule has 9 nitrogen and oxygen atoms in total. The summed E-state index contributed by atoms with van der Waals surface area (Å²) in [6.45, 7) is 4.93. The zero-order valence-corrected chi connectivity index (χ0v) is 19.7. The summed E-state index contributed by atoms with van der Waals surface area (Å²) in [6.07, 6.45) is 5.23. The van der Waals surface area contributed by atoms with Gasteiger partial charge < -0.3 is 0 Å². The minimum absolute atomic E-state index is 0.0357. The van der Waals surface area contributed by atoms with E-state index in [1.807, 2.05) is 22.5 Å². The Balaban J connectivity index is 1.36. The van der Waals surface area contributed by atoms with E-state index in [9.17, 15) is 0 Å². The summed E-state index contributed by atoms with van der Waals surface area (Å²) in [5.74, 6) is 0.879. The Labute approximate surface area is 199 Å². The Hall–Kier alpha value is -3.17. The first-order valence-electron chi connectivity index (χ1n) is 12.3. The number of aromatic nitrogens is 7. The number of hydrogen-bond donors (Lipinski definition) is 0. The lowest BCUT2D eigenvalue weighted by atomic mass is 9.91. The number of fused-ring (bicyclic) bond motifs is 1. The molecule has 6 rings (SSSR count). The van der Waals surface area contributed by atoms with Crippen molar-refractivity contribution in [3.8, 4) is 0 Å². The first kappa shape index (κ1) is 21.4. The molecule has 1 saturated carbocycles. The van der Waals surface area contributed by atoms with Crippen molar-refractivity contribution in [3.05, 3.63) is 65.5 Å². The van der Waals surface area contributed by atoms with Crippen LogP contribution in [-0.2, 0) is 13.6 Å². The van der Waals surface area contributed by atoms with E-state index in [2.05, 4.69) is 78.1 Å². The van der Waals surface area contributed by atoms with Gasteiger partial charge in [-0.3, -0.25) is 9.80 Å². The molecule has 0 radical (unpaired) electrons. The molecule has 176 valence electrons. The zero-order chi connectivity index (χ0) is 22.9. The fourth-order valence-electron chi connectivity index (χ4n) is 5.36. The van der Waals surface area contributed by atoms with Crippen LogP contribution in [0.5, 0.6) is 0 Å². The summed E-state index contributed by atoms with van der Waals surface area (Å²) in [7, 11) is 1.93. The van der Waals surface area contributed by atoms with Crippen LogP contribution in [0, 0.1) is 0 Å². The largest absolute Gasteiger partial charge is 0.299 e. The van der Waals surface area contributed by atoms with Gasteiger partial charge in [-0.1, -0.05) is 48.0 Å². The molecule has 2 aliphatic rings. The first-order chi connectivity index (χ1) is 16.8.